The van der Waals surface area contributed by atoms with Crippen molar-refractivity contribution in [2.24, 2.45) is 5.10 Å². The number of hydrazone groups is 1. The van der Waals surface area contributed by atoms with Gasteiger partial charge >= 0.3 is 0 Å². The first-order valence-corrected chi connectivity index (χ1v) is 12.8. The lowest BCUT2D eigenvalue weighted by atomic mass is 10.1. The van der Waals surface area contributed by atoms with Gasteiger partial charge in [-0.25, -0.2) is 5.43 Å². The number of nitro benzene ring substituents is 1. The van der Waals surface area contributed by atoms with E-state index in [2.05, 4.69) is 15.8 Å². The molecule has 0 fully saturated rings. The second kappa shape index (κ2) is 12.6. The zero-order chi connectivity index (χ0) is 27.1. The zero-order valence-corrected chi connectivity index (χ0v) is 23.9. The molecule has 12 heteroatoms. The van der Waals surface area contributed by atoms with Gasteiger partial charge in [0.25, 0.3) is 17.5 Å². The molecule has 3 aromatic carbocycles. The summed E-state index contributed by atoms with van der Waals surface area (Å²) in [4.78, 5) is 38.0. The number of benzene rings is 3. The molecule has 3 rings (SSSR count). The molecule has 37 heavy (non-hydrogen) atoms. The highest BCUT2D eigenvalue weighted by Crippen LogP contribution is 2.26. The number of hydrogen-bond donors (Lipinski definition) is 3. The molecule has 0 unspecified atom stereocenters. The van der Waals surface area contributed by atoms with Crippen LogP contribution in [0.2, 0.25) is 0 Å². The Kier molecular flexibility index (Phi) is 9.57. The fourth-order valence-corrected chi connectivity index (χ4v) is 4.82. The summed E-state index contributed by atoms with van der Waals surface area (Å²) in [5, 5.41) is 27.3. The standard InChI is InChI=1S/C25H21I2N5O5/c1-31(2)18-7-3-15(4-8-18)13-22(29-24(34)17-5-9-19(10-6-17)32(36)37)25(35)30-28-14-16-11-20(26)23(33)21(27)12-16/h3-14,33H,1-2H3,(H,29,34)(H,30,35)/b22-13?,28-14+. The van der Waals surface area contributed by atoms with Gasteiger partial charge in [0.1, 0.15) is 11.4 Å². The highest BCUT2D eigenvalue weighted by molar-refractivity contribution is 14.1. The molecule has 0 spiro atoms. The second-order valence-electron chi connectivity index (χ2n) is 7.83. The van der Waals surface area contributed by atoms with Gasteiger partial charge in [-0.1, -0.05) is 12.1 Å². The molecule has 0 aliphatic heterocycles. The molecule has 190 valence electrons. The monoisotopic (exact) mass is 725 g/mol. The number of nitro groups is 1. The SMILES string of the molecule is CN(C)c1ccc(C=C(NC(=O)c2ccc([N+](=O)[O-])cc2)C(=O)N/N=C/c2cc(I)c(O)c(I)c2)cc1. The highest BCUT2D eigenvalue weighted by Gasteiger charge is 2.16. The van der Waals surface area contributed by atoms with Crippen molar-refractivity contribution < 1.29 is 19.6 Å². The Balaban J connectivity index is 1.84. The Bertz CT molecular complexity index is 1360. The molecular formula is C25H21I2N5O5. The molecule has 3 aromatic rings. The third kappa shape index (κ3) is 7.72. The maximum Gasteiger partial charge on any atom is 0.287 e. The predicted octanol–water partition coefficient (Wildman–Crippen LogP) is 4.50. The minimum Gasteiger partial charge on any atom is -0.506 e. The highest BCUT2D eigenvalue weighted by atomic mass is 127. The fraction of sp³-hybridized carbons (Fsp3) is 0.0800. The average molecular weight is 725 g/mol. The number of rotatable bonds is 8. The third-order valence-corrected chi connectivity index (χ3v) is 6.62. The minimum absolute atomic E-state index is 0.0760. The van der Waals surface area contributed by atoms with Crippen LogP contribution in [0.25, 0.3) is 6.08 Å². The number of nitrogens with one attached hydrogen (secondary N) is 2. The first-order valence-electron chi connectivity index (χ1n) is 10.6. The Morgan fingerprint density at radius 1 is 1.00 bits per heavy atom. The Labute approximate surface area is 239 Å². The molecule has 3 N–H and O–H groups in total. The van der Waals surface area contributed by atoms with E-state index in [-0.39, 0.29) is 22.7 Å². The number of hydrogen-bond acceptors (Lipinski definition) is 7. The van der Waals surface area contributed by atoms with Gasteiger partial charge < -0.3 is 15.3 Å². The van der Waals surface area contributed by atoms with E-state index >= 15 is 0 Å². The summed E-state index contributed by atoms with van der Waals surface area (Å²) in [6, 6.07) is 15.8. The molecule has 10 nitrogen and oxygen atoms in total. The topological polar surface area (TPSA) is 137 Å². The van der Waals surface area contributed by atoms with E-state index in [0.717, 1.165) is 5.69 Å². The van der Waals surface area contributed by atoms with Crippen LogP contribution in [-0.4, -0.2) is 42.2 Å². The molecule has 0 aliphatic rings. The number of aromatic hydroxyl groups is 1. The molecule has 0 aliphatic carbocycles. The number of amides is 2. The predicted molar refractivity (Wildman–Crippen MR) is 159 cm³/mol. The summed E-state index contributed by atoms with van der Waals surface area (Å²) >= 11 is 3.99. The van der Waals surface area contributed by atoms with Gasteiger partial charge in [-0.05, 0) is 98.8 Å². The van der Waals surface area contributed by atoms with Crippen molar-refractivity contribution in [3.05, 3.63) is 100 Å². The maximum atomic E-state index is 13.0. The smallest absolute Gasteiger partial charge is 0.287 e. The lowest BCUT2D eigenvalue weighted by Gasteiger charge is -2.12. The van der Waals surface area contributed by atoms with Gasteiger partial charge in [-0.2, -0.15) is 5.10 Å². The molecule has 0 saturated heterocycles. The van der Waals surface area contributed by atoms with Gasteiger partial charge in [0.05, 0.1) is 18.3 Å². The summed E-state index contributed by atoms with van der Waals surface area (Å²) in [5.41, 5.74) is 4.59. The van der Waals surface area contributed by atoms with Crippen molar-refractivity contribution in [3.63, 3.8) is 0 Å². The number of carbonyl (C=O) groups is 2. The molecule has 0 aromatic heterocycles. The van der Waals surface area contributed by atoms with Crippen LogP contribution < -0.4 is 15.6 Å². The van der Waals surface area contributed by atoms with Gasteiger partial charge in [0.15, 0.2) is 0 Å². The van der Waals surface area contributed by atoms with Crippen LogP contribution in [0.1, 0.15) is 21.5 Å². The van der Waals surface area contributed by atoms with Crippen LogP contribution in [0.4, 0.5) is 11.4 Å². The maximum absolute atomic E-state index is 13.0. The minimum atomic E-state index is -0.675. The molecule has 0 radical (unpaired) electrons. The lowest BCUT2D eigenvalue weighted by molar-refractivity contribution is -0.384. The van der Waals surface area contributed by atoms with E-state index in [1.165, 1.54) is 36.6 Å². The molecule has 0 heterocycles. The van der Waals surface area contributed by atoms with Crippen LogP contribution in [0.15, 0.2) is 71.5 Å². The van der Waals surface area contributed by atoms with E-state index in [9.17, 15) is 24.8 Å². The lowest BCUT2D eigenvalue weighted by Crippen LogP contribution is -2.32. The van der Waals surface area contributed by atoms with E-state index in [1.807, 2.05) is 76.3 Å². The summed E-state index contributed by atoms with van der Waals surface area (Å²) in [5.74, 6) is -1.12. The molecular weight excluding hydrogens is 704 g/mol. The molecule has 0 bridgehead atoms. The van der Waals surface area contributed by atoms with Crippen molar-refractivity contribution in [1.82, 2.24) is 10.7 Å². The zero-order valence-electron chi connectivity index (χ0n) is 19.6. The van der Waals surface area contributed by atoms with Crippen molar-refractivity contribution in [2.45, 2.75) is 0 Å². The van der Waals surface area contributed by atoms with E-state index in [1.54, 1.807) is 24.3 Å². The Hall–Kier alpha value is -3.53. The molecule has 0 atom stereocenters. The Morgan fingerprint density at radius 3 is 2.14 bits per heavy atom. The summed E-state index contributed by atoms with van der Waals surface area (Å²) < 4.78 is 1.27. The Morgan fingerprint density at radius 2 is 1.59 bits per heavy atom. The van der Waals surface area contributed by atoms with Crippen LogP contribution in [-0.2, 0) is 4.79 Å². The number of nitrogens with zero attached hydrogens (tertiary/aromatic N) is 3. The molecule has 2 amide bonds. The quantitative estimate of drug-likeness (QED) is 0.103. The number of non-ortho nitro benzene ring substituents is 1. The average Bonchev–Trinajstić information content (AvgIpc) is 2.87. The van der Waals surface area contributed by atoms with Gasteiger partial charge in [-0.15, -0.1) is 0 Å². The summed E-state index contributed by atoms with van der Waals surface area (Å²) in [6.45, 7) is 0. The van der Waals surface area contributed by atoms with Gasteiger partial charge in [0.2, 0.25) is 0 Å². The third-order valence-electron chi connectivity index (χ3n) is 4.97. The fourth-order valence-electron chi connectivity index (χ4n) is 3.01. The van der Waals surface area contributed by atoms with E-state index < -0.39 is 16.7 Å². The number of carbonyl (C=O) groups excluding carboxylic acids is 2. The van der Waals surface area contributed by atoms with Crippen LogP contribution >= 0.6 is 45.2 Å². The van der Waals surface area contributed by atoms with Crippen LogP contribution in [0.3, 0.4) is 0 Å². The number of phenols is 1. The van der Waals surface area contributed by atoms with Gasteiger partial charge in [-0.3, -0.25) is 19.7 Å². The van der Waals surface area contributed by atoms with E-state index in [0.29, 0.717) is 18.3 Å². The molecule has 0 saturated carbocycles. The van der Waals surface area contributed by atoms with Crippen molar-refractivity contribution in [3.8, 4) is 5.75 Å². The first-order chi connectivity index (χ1) is 17.5. The second-order valence-corrected chi connectivity index (χ2v) is 10.2. The van der Waals surface area contributed by atoms with Crippen molar-refractivity contribution in [1.29, 1.82) is 0 Å². The number of halogens is 2. The van der Waals surface area contributed by atoms with Crippen molar-refractivity contribution in [2.75, 3.05) is 19.0 Å². The van der Waals surface area contributed by atoms with Crippen molar-refractivity contribution >= 4 is 80.7 Å². The van der Waals surface area contributed by atoms with E-state index in [4.69, 9.17) is 0 Å². The van der Waals surface area contributed by atoms with Crippen LogP contribution in [0, 0.1) is 17.3 Å². The summed E-state index contributed by atoms with van der Waals surface area (Å²) in [6.07, 6.45) is 2.92. The normalized spacial score (nSPS) is 11.3. The largest absolute Gasteiger partial charge is 0.506 e. The summed E-state index contributed by atoms with van der Waals surface area (Å²) in [7, 11) is 3.81. The van der Waals surface area contributed by atoms with Gasteiger partial charge in [0, 0.05) is 37.5 Å². The number of phenolic OH excluding ortho intramolecular Hbond substituents is 1. The van der Waals surface area contributed by atoms with Crippen LogP contribution in [0.5, 0.6) is 5.75 Å². The first kappa shape index (κ1) is 28.0. The number of anilines is 1.